The molecule has 10 nitrogen and oxygen atoms in total. The van der Waals surface area contributed by atoms with E-state index in [1.54, 1.807) is 30.3 Å². The summed E-state index contributed by atoms with van der Waals surface area (Å²) in [5.74, 6) is -3.65. The van der Waals surface area contributed by atoms with Gasteiger partial charge in [-0.2, -0.15) is 13.2 Å². The molecule has 4 rings (SSSR count). The maximum absolute atomic E-state index is 13.3. The van der Waals surface area contributed by atoms with E-state index < -0.39 is 28.1 Å². The number of carboxylic acid groups (broad SMARTS) is 2. The molecule has 42 heavy (non-hydrogen) atoms. The van der Waals surface area contributed by atoms with Gasteiger partial charge in [-0.1, -0.05) is 0 Å². The molecule has 0 atom stereocenters. The van der Waals surface area contributed by atoms with Crippen molar-refractivity contribution >= 4 is 39.0 Å². The van der Waals surface area contributed by atoms with Crippen LogP contribution in [0.5, 0.6) is 5.75 Å². The van der Waals surface area contributed by atoms with Gasteiger partial charge in [-0.3, -0.25) is 4.72 Å². The van der Waals surface area contributed by atoms with E-state index in [1.807, 2.05) is 11.8 Å². The van der Waals surface area contributed by atoms with Crippen LogP contribution in [0.25, 0.3) is 0 Å². The highest BCUT2D eigenvalue weighted by molar-refractivity contribution is 7.92. The Labute approximate surface area is 238 Å². The van der Waals surface area contributed by atoms with Crippen LogP contribution in [0.2, 0.25) is 0 Å². The average molecular weight is 614 g/mol. The zero-order valence-corrected chi connectivity index (χ0v) is 23.0. The van der Waals surface area contributed by atoms with Gasteiger partial charge in [0, 0.05) is 31.9 Å². The molecule has 0 bridgehead atoms. The second-order valence-corrected chi connectivity index (χ2v) is 10.5. The van der Waals surface area contributed by atoms with Crippen molar-refractivity contribution < 1.29 is 50.5 Å². The highest BCUT2D eigenvalue weighted by Crippen LogP contribution is 2.31. The van der Waals surface area contributed by atoms with Crippen molar-refractivity contribution in [3.8, 4) is 5.75 Å². The number of anilines is 3. The van der Waals surface area contributed by atoms with Crippen molar-refractivity contribution in [1.82, 2.24) is 0 Å². The minimum Gasteiger partial charge on any atom is -0.494 e. The zero-order chi connectivity index (χ0) is 31.1. The van der Waals surface area contributed by atoms with E-state index in [9.17, 15) is 35.9 Å². The van der Waals surface area contributed by atoms with Crippen molar-refractivity contribution in [1.29, 1.82) is 0 Å². The lowest BCUT2D eigenvalue weighted by Gasteiger charge is -2.38. The Balaban J connectivity index is 0.000000616. The van der Waals surface area contributed by atoms with E-state index in [0.29, 0.717) is 44.2 Å². The minimum absolute atomic E-state index is 0.0249. The summed E-state index contributed by atoms with van der Waals surface area (Å²) in [7, 11) is -3.98. The van der Waals surface area contributed by atoms with E-state index in [-0.39, 0.29) is 22.0 Å². The molecule has 3 aromatic carbocycles. The third-order valence-electron chi connectivity index (χ3n) is 5.99. The fourth-order valence-corrected chi connectivity index (χ4v) is 5.03. The number of hydrogen-bond acceptors (Lipinski definition) is 7. The van der Waals surface area contributed by atoms with E-state index in [2.05, 4.69) is 9.62 Å². The van der Waals surface area contributed by atoms with Gasteiger partial charge in [0.05, 0.1) is 28.4 Å². The molecule has 1 aliphatic heterocycles. The Hall–Kier alpha value is -4.53. The van der Waals surface area contributed by atoms with Gasteiger partial charge < -0.3 is 24.7 Å². The van der Waals surface area contributed by atoms with E-state index in [0.717, 1.165) is 5.69 Å². The standard InChI is InChI=1S/C25H26FN3O5S.C2HF3O2/c1-2-34-21-8-10-22(11-9-21)35(32,33)27-23-17-18(25(30)31)3-12-24(23)29-15-13-28(14-16-29)20-6-4-19(26)5-7-20;3-2(4,5)1(6)7/h3-12,17,27H,2,13-16H2,1H3,(H,30,31);(H,6,7). The molecule has 0 radical (unpaired) electrons. The number of carbonyl (C=O) groups is 2. The van der Waals surface area contributed by atoms with E-state index in [4.69, 9.17) is 14.6 Å². The first-order valence-electron chi connectivity index (χ1n) is 12.4. The number of piperazine rings is 1. The fourth-order valence-electron chi connectivity index (χ4n) is 3.97. The summed E-state index contributed by atoms with van der Waals surface area (Å²) in [6.45, 7) is 4.71. The van der Waals surface area contributed by atoms with Gasteiger partial charge in [-0.25, -0.2) is 22.4 Å². The highest BCUT2D eigenvalue weighted by Gasteiger charge is 2.38. The first-order valence-corrected chi connectivity index (χ1v) is 13.9. The average Bonchev–Trinajstić information content (AvgIpc) is 2.94. The predicted octanol–water partition coefficient (Wildman–Crippen LogP) is 4.68. The molecule has 0 saturated carbocycles. The monoisotopic (exact) mass is 613 g/mol. The highest BCUT2D eigenvalue weighted by atomic mass is 32.2. The summed E-state index contributed by atoms with van der Waals surface area (Å²) in [6.07, 6.45) is -5.08. The van der Waals surface area contributed by atoms with Crippen LogP contribution in [0, 0.1) is 5.82 Å². The Morgan fingerprint density at radius 3 is 1.95 bits per heavy atom. The number of nitrogens with zero attached hydrogens (tertiary/aromatic N) is 2. The van der Waals surface area contributed by atoms with Gasteiger partial charge in [0.15, 0.2) is 0 Å². The first kappa shape index (κ1) is 32.0. The van der Waals surface area contributed by atoms with Crippen molar-refractivity contribution in [2.75, 3.05) is 47.3 Å². The molecular formula is C27H27F4N3O7S. The second-order valence-electron chi connectivity index (χ2n) is 8.80. The summed E-state index contributed by atoms with van der Waals surface area (Å²) >= 11 is 0. The summed E-state index contributed by atoms with van der Waals surface area (Å²) in [5, 5.41) is 16.6. The molecule has 3 aromatic rings. The normalized spacial score (nSPS) is 13.5. The van der Waals surface area contributed by atoms with Crippen LogP contribution in [0.4, 0.5) is 34.6 Å². The number of aliphatic carboxylic acids is 1. The van der Waals surface area contributed by atoms with Crippen molar-refractivity contribution in [2.24, 2.45) is 0 Å². The van der Waals surface area contributed by atoms with E-state index in [1.165, 1.54) is 36.4 Å². The third-order valence-corrected chi connectivity index (χ3v) is 7.37. The maximum Gasteiger partial charge on any atom is 0.490 e. The minimum atomic E-state index is -5.08. The Morgan fingerprint density at radius 1 is 0.905 bits per heavy atom. The lowest BCUT2D eigenvalue weighted by atomic mass is 10.1. The molecule has 0 spiro atoms. The van der Waals surface area contributed by atoms with Gasteiger partial charge in [0.1, 0.15) is 11.6 Å². The number of alkyl halides is 3. The number of benzene rings is 3. The van der Waals surface area contributed by atoms with Gasteiger partial charge in [0.2, 0.25) is 0 Å². The summed E-state index contributed by atoms with van der Waals surface area (Å²) < 4.78 is 79.1. The van der Waals surface area contributed by atoms with Crippen LogP contribution in [-0.4, -0.2) is 69.5 Å². The van der Waals surface area contributed by atoms with Crippen molar-refractivity contribution in [3.63, 3.8) is 0 Å². The third kappa shape index (κ3) is 8.49. The van der Waals surface area contributed by atoms with Crippen LogP contribution >= 0.6 is 0 Å². The van der Waals surface area contributed by atoms with Crippen molar-refractivity contribution in [2.45, 2.75) is 18.0 Å². The quantitative estimate of drug-likeness (QED) is 0.309. The summed E-state index contributed by atoms with van der Waals surface area (Å²) in [5.41, 5.74) is 1.66. The number of carboxylic acids is 2. The predicted molar refractivity (Wildman–Crippen MR) is 146 cm³/mol. The lowest BCUT2D eigenvalue weighted by Crippen LogP contribution is -2.46. The number of hydrogen-bond donors (Lipinski definition) is 3. The number of nitrogens with one attached hydrogen (secondary N) is 1. The number of rotatable bonds is 8. The summed E-state index contributed by atoms with van der Waals surface area (Å²) in [6, 6.07) is 16.7. The molecule has 15 heteroatoms. The molecule has 1 saturated heterocycles. The van der Waals surface area contributed by atoms with Gasteiger partial charge >= 0.3 is 18.1 Å². The van der Waals surface area contributed by atoms with Gasteiger partial charge in [-0.05, 0) is 73.7 Å². The molecule has 0 aliphatic carbocycles. The Morgan fingerprint density at radius 2 is 1.45 bits per heavy atom. The Bertz CT molecular complexity index is 1490. The number of sulfonamides is 1. The fraction of sp³-hybridized carbons (Fsp3) is 0.259. The largest absolute Gasteiger partial charge is 0.494 e. The van der Waals surface area contributed by atoms with Crippen LogP contribution in [0.15, 0.2) is 71.6 Å². The van der Waals surface area contributed by atoms with E-state index >= 15 is 0 Å². The molecule has 0 amide bonds. The van der Waals surface area contributed by atoms with Crippen LogP contribution in [0.3, 0.4) is 0 Å². The molecule has 0 aromatic heterocycles. The van der Waals surface area contributed by atoms with Crippen LogP contribution in [0.1, 0.15) is 17.3 Å². The molecule has 3 N–H and O–H groups in total. The molecule has 0 unspecified atom stereocenters. The number of ether oxygens (including phenoxy) is 1. The first-order chi connectivity index (χ1) is 19.7. The zero-order valence-electron chi connectivity index (χ0n) is 22.1. The smallest absolute Gasteiger partial charge is 0.490 e. The SMILES string of the molecule is CCOc1ccc(S(=O)(=O)Nc2cc(C(=O)O)ccc2N2CCN(c3ccc(F)cc3)CC2)cc1.O=C(O)C(F)(F)F. The number of halogens is 4. The van der Waals surface area contributed by atoms with Crippen LogP contribution in [-0.2, 0) is 14.8 Å². The molecule has 1 fully saturated rings. The Kier molecular flexibility index (Phi) is 10.2. The maximum atomic E-state index is 13.3. The molecule has 1 heterocycles. The topological polar surface area (TPSA) is 136 Å². The molecule has 226 valence electrons. The van der Waals surface area contributed by atoms with Gasteiger partial charge in [-0.15, -0.1) is 0 Å². The van der Waals surface area contributed by atoms with Crippen LogP contribution < -0.4 is 19.3 Å². The van der Waals surface area contributed by atoms with Gasteiger partial charge in [0.25, 0.3) is 10.0 Å². The van der Waals surface area contributed by atoms with Crippen molar-refractivity contribution in [3.05, 3.63) is 78.1 Å². The summed E-state index contributed by atoms with van der Waals surface area (Å²) in [4.78, 5) is 24.6. The molecule has 1 aliphatic rings. The molecular weight excluding hydrogens is 586 g/mol. The second kappa shape index (κ2) is 13.4. The lowest BCUT2D eigenvalue weighted by molar-refractivity contribution is -0.192. The number of aromatic carboxylic acids is 1.